The number of para-hydroxylation sites is 2. The molecule has 1 aliphatic rings. The van der Waals surface area contributed by atoms with E-state index in [9.17, 15) is 20.2 Å². The molecule has 34 heavy (non-hydrogen) atoms. The number of nitriles is 1. The number of carbonyl (C=O) groups excluding carboxylic acids is 1. The number of rotatable bonds is 6. The smallest absolute Gasteiger partial charge is 0.349 e. The van der Waals surface area contributed by atoms with E-state index in [0.717, 1.165) is 5.56 Å². The maximum absolute atomic E-state index is 12.3. The van der Waals surface area contributed by atoms with E-state index in [-0.39, 0.29) is 28.6 Å². The first-order chi connectivity index (χ1) is 16.4. The lowest BCUT2D eigenvalue weighted by atomic mass is 9.83. The highest BCUT2D eigenvalue weighted by atomic mass is 35.5. The third-order valence-corrected chi connectivity index (χ3v) is 5.29. The third-order valence-electron chi connectivity index (χ3n) is 5.03. The fourth-order valence-electron chi connectivity index (χ4n) is 3.52. The molecule has 0 bridgehead atoms. The zero-order valence-corrected chi connectivity index (χ0v) is 18.2. The van der Waals surface area contributed by atoms with Gasteiger partial charge in [-0.2, -0.15) is 5.26 Å². The van der Waals surface area contributed by atoms with E-state index in [0.29, 0.717) is 16.3 Å². The van der Waals surface area contributed by atoms with Crippen LogP contribution in [0.3, 0.4) is 0 Å². The van der Waals surface area contributed by atoms with Gasteiger partial charge in [-0.25, -0.2) is 4.79 Å². The molecule has 1 unspecified atom stereocenters. The topological polar surface area (TPSA) is 138 Å². The van der Waals surface area contributed by atoms with E-state index in [1.165, 1.54) is 24.3 Å². The number of carbonyl (C=O) groups is 1. The normalized spacial score (nSPS) is 14.4. The Morgan fingerprint density at radius 2 is 1.91 bits per heavy atom. The summed E-state index contributed by atoms with van der Waals surface area (Å²) in [6, 6.07) is 19.5. The van der Waals surface area contributed by atoms with Crippen LogP contribution >= 0.6 is 11.6 Å². The highest BCUT2D eigenvalue weighted by molar-refractivity contribution is 6.30. The monoisotopic (exact) mass is 477 g/mol. The standard InChI is InChI=1S/C24H16ClN3O6/c25-15-7-5-14(6-8-15)23-17-10-9-16(11-21(17)34-24(27)18(23)12-26)33-22(29)13-32-20-4-2-1-3-19(20)28(30)31/h1-11,23H,13,27H2. The van der Waals surface area contributed by atoms with Gasteiger partial charge in [-0.3, -0.25) is 10.1 Å². The summed E-state index contributed by atoms with van der Waals surface area (Å²) in [6.07, 6.45) is 0. The number of allylic oxidation sites excluding steroid dienone is 1. The molecular weight excluding hydrogens is 462 g/mol. The molecule has 0 amide bonds. The molecule has 4 rings (SSSR count). The average molecular weight is 478 g/mol. The predicted molar refractivity (Wildman–Crippen MR) is 121 cm³/mol. The minimum Gasteiger partial charge on any atom is -0.475 e. The Bertz CT molecular complexity index is 1350. The molecule has 0 aromatic heterocycles. The number of nitro benzene ring substituents is 1. The number of ether oxygens (including phenoxy) is 3. The molecule has 170 valence electrons. The lowest BCUT2D eigenvalue weighted by Gasteiger charge is -2.26. The van der Waals surface area contributed by atoms with Crippen molar-refractivity contribution in [2.75, 3.05) is 6.61 Å². The van der Waals surface area contributed by atoms with Crippen molar-refractivity contribution in [2.45, 2.75) is 5.92 Å². The largest absolute Gasteiger partial charge is 0.475 e. The van der Waals surface area contributed by atoms with Gasteiger partial charge in [0.05, 0.1) is 10.8 Å². The number of benzene rings is 3. The summed E-state index contributed by atoms with van der Waals surface area (Å²) < 4.78 is 16.2. The van der Waals surface area contributed by atoms with Gasteiger partial charge >= 0.3 is 11.7 Å². The molecule has 2 N–H and O–H groups in total. The maximum Gasteiger partial charge on any atom is 0.349 e. The second-order valence-electron chi connectivity index (χ2n) is 7.16. The Hall–Kier alpha value is -4.55. The molecule has 1 heterocycles. The molecule has 0 fully saturated rings. The molecule has 9 nitrogen and oxygen atoms in total. The molecule has 0 aliphatic carbocycles. The second kappa shape index (κ2) is 9.52. The zero-order valence-electron chi connectivity index (χ0n) is 17.4. The van der Waals surface area contributed by atoms with E-state index < -0.39 is 23.4 Å². The van der Waals surface area contributed by atoms with Gasteiger partial charge in [0.25, 0.3) is 0 Å². The molecule has 0 saturated carbocycles. The average Bonchev–Trinajstić information content (AvgIpc) is 2.82. The SMILES string of the molecule is N#CC1=C(N)Oc2cc(OC(=O)COc3ccccc3[N+](=O)[O-])ccc2C1c1ccc(Cl)cc1. The number of fused-ring (bicyclic) bond motifs is 1. The van der Waals surface area contributed by atoms with Crippen LogP contribution in [0.2, 0.25) is 5.02 Å². The Labute approximate surface area is 198 Å². The molecule has 1 aliphatic heterocycles. The molecule has 0 saturated heterocycles. The van der Waals surface area contributed by atoms with Crippen LogP contribution < -0.4 is 19.9 Å². The van der Waals surface area contributed by atoms with Gasteiger partial charge in [-0.05, 0) is 29.8 Å². The van der Waals surface area contributed by atoms with Crippen molar-refractivity contribution in [1.82, 2.24) is 0 Å². The molecule has 0 spiro atoms. The van der Waals surface area contributed by atoms with E-state index in [2.05, 4.69) is 6.07 Å². The first kappa shape index (κ1) is 22.6. The minimum absolute atomic E-state index is 0.0500. The fourth-order valence-corrected chi connectivity index (χ4v) is 3.65. The van der Waals surface area contributed by atoms with Crippen molar-refractivity contribution in [3.8, 4) is 23.3 Å². The number of hydrogen-bond acceptors (Lipinski definition) is 8. The van der Waals surface area contributed by atoms with E-state index in [1.54, 1.807) is 42.5 Å². The summed E-state index contributed by atoms with van der Waals surface area (Å²) in [5.41, 5.74) is 7.42. The predicted octanol–water partition coefficient (Wildman–Crippen LogP) is 4.45. The highest BCUT2D eigenvalue weighted by Crippen LogP contribution is 2.43. The van der Waals surface area contributed by atoms with Gasteiger partial charge < -0.3 is 19.9 Å². The van der Waals surface area contributed by atoms with Crippen molar-refractivity contribution < 1.29 is 23.9 Å². The van der Waals surface area contributed by atoms with Crippen molar-refractivity contribution in [2.24, 2.45) is 5.73 Å². The van der Waals surface area contributed by atoms with Crippen LogP contribution in [0.25, 0.3) is 0 Å². The number of esters is 1. The zero-order chi connectivity index (χ0) is 24.2. The number of nitrogens with two attached hydrogens (primary N) is 1. The minimum atomic E-state index is -0.774. The fraction of sp³-hybridized carbons (Fsp3) is 0.0833. The van der Waals surface area contributed by atoms with Crippen LogP contribution in [0.4, 0.5) is 5.69 Å². The van der Waals surface area contributed by atoms with Crippen molar-refractivity contribution in [1.29, 1.82) is 5.26 Å². The summed E-state index contributed by atoms with van der Waals surface area (Å²) in [7, 11) is 0. The first-order valence-corrected chi connectivity index (χ1v) is 10.3. The molecule has 3 aromatic carbocycles. The summed E-state index contributed by atoms with van der Waals surface area (Å²) in [6.45, 7) is -0.545. The van der Waals surface area contributed by atoms with Crippen LogP contribution in [0, 0.1) is 21.4 Å². The Balaban J connectivity index is 1.53. The number of halogens is 1. The van der Waals surface area contributed by atoms with Gasteiger partial charge in [0.15, 0.2) is 12.4 Å². The number of nitrogens with zero attached hydrogens (tertiary/aromatic N) is 2. The number of nitro groups is 1. The Morgan fingerprint density at radius 3 is 2.62 bits per heavy atom. The van der Waals surface area contributed by atoms with Gasteiger partial charge in [-0.15, -0.1) is 0 Å². The second-order valence-corrected chi connectivity index (χ2v) is 7.60. The molecule has 1 atom stereocenters. The van der Waals surface area contributed by atoms with Crippen LogP contribution in [0.15, 0.2) is 78.2 Å². The molecule has 10 heteroatoms. The van der Waals surface area contributed by atoms with Gasteiger partial charge in [0.1, 0.15) is 23.1 Å². The third kappa shape index (κ3) is 4.62. The first-order valence-electron chi connectivity index (χ1n) is 9.91. The quantitative estimate of drug-likeness (QED) is 0.238. The van der Waals surface area contributed by atoms with Crippen LogP contribution in [0.5, 0.6) is 17.2 Å². The molecular formula is C24H16ClN3O6. The lowest BCUT2D eigenvalue weighted by Crippen LogP contribution is -2.21. The Morgan fingerprint density at radius 1 is 1.18 bits per heavy atom. The van der Waals surface area contributed by atoms with Crippen LogP contribution in [-0.4, -0.2) is 17.5 Å². The van der Waals surface area contributed by atoms with Crippen LogP contribution in [-0.2, 0) is 4.79 Å². The van der Waals surface area contributed by atoms with E-state index >= 15 is 0 Å². The summed E-state index contributed by atoms with van der Waals surface area (Å²) >= 11 is 5.99. The maximum atomic E-state index is 12.3. The van der Waals surface area contributed by atoms with Crippen molar-refractivity contribution in [3.63, 3.8) is 0 Å². The summed E-state index contributed by atoms with van der Waals surface area (Å²) in [5.74, 6) is -0.898. The summed E-state index contributed by atoms with van der Waals surface area (Å²) in [4.78, 5) is 22.7. The lowest BCUT2D eigenvalue weighted by molar-refractivity contribution is -0.385. The molecule has 0 radical (unpaired) electrons. The highest BCUT2D eigenvalue weighted by Gasteiger charge is 2.31. The summed E-state index contributed by atoms with van der Waals surface area (Å²) in [5, 5.41) is 21.3. The van der Waals surface area contributed by atoms with E-state index in [1.807, 2.05) is 0 Å². The van der Waals surface area contributed by atoms with Crippen molar-refractivity contribution >= 4 is 23.3 Å². The molecule has 3 aromatic rings. The van der Waals surface area contributed by atoms with E-state index in [4.69, 9.17) is 31.5 Å². The van der Waals surface area contributed by atoms with Gasteiger partial charge in [-0.1, -0.05) is 41.9 Å². The van der Waals surface area contributed by atoms with Gasteiger partial charge in [0.2, 0.25) is 5.88 Å². The van der Waals surface area contributed by atoms with Crippen molar-refractivity contribution in [3.05, 3.63) is 104 Å². The van der Waals surface area contributed by atoms with Crippen LogP contribution in [0.1, 0.15) is 17.0 Å². The Kier molecular flexibility index (Phi) is 6.34. The van der Waals surface area contributed by atoms with Gasteiger partial charge in [0, 0.05) is 22.7 Å². The number of hydrogen-bond donors (Lipinski definition) is 1.